The Morgan fingerprint density at radius 1 is 1.16 bits per heavy atom. The van der Waals surface area contributed by atoms with Crippen LogP contribution in [0.15, 0.2) is 60.9 Å². The van der Waals surface area contributed by atoms with Gasteiger partial charge < -0.3 is 9.64 Å². The summed E-state index contributed by atoms with van der Waals surface area (Å²) in [7, 11) is 1.68. The van der Waals surface area contributed by atoms with Crippen LogP contribution in [0.25, 0.3) is 10.8 Å². The molecule has 0 bridgehead atoms. The summed E-state index contributed by atoms with van der Waals surface area (Å²) >= 11 is 0. The summed E-state index contributed by atoms with van der Waals surface area (Å²) in [5.74, 6) is 0.916. The van der Waals surface area contributed by atoms with Crippen molar-refractivity contribution in [3.05, 3.63) is 72.1 Å². The molecule has 1 aliphatic heterocycles. The summed E-state index contributed by atoms with van der Waals surface area (Å²) in [6, 6.07) is 15.8. The molecule has 1 aromatic heterocycles. The van der Waals surface area contributed by atoms with E-state index in [-0.39, 0.29) is 11.9 Å². The van der Waals surface area contributed by atoms with Crippen LogP contribution in [0.4, 0.5) is 0 Å². The van der Waals surface area contributed by atoms with Crippen LogP contribution in [-0.2, 0) is 0 Å². The topological polar surface area (TPSA) is 42.4 Å². The maximum Gasteiger partial charge on any atom is 0.255 e. The highest BCUT2D eigenvalue weighted by Gasteiger charge is 2.32. The molecule has 4 nitrogen and oxygen atoms in total. The number of pyridine rings is 1. The van der Waals surface area contributed by atoms with E-state index in [0.29, 0.717) is 0 Å². The van der Waals surface area contributed by atoms with Gasteiger partial charge in [0.15, 0.2) is 0 Å². The van der Waals surface area contributed by atoms with Crippen LogP contribution in [0.5, 0.6) is 5.75 Å². The molecular formula is C21H20N2O2. The van der Waals surface area contributed by atoms with Crippen molar-refractivity contribution in [3.63, 3.8) is 0 Å². The van der Waals surface area contributed by atoms with Crippen LogP contribution in [0, 0.1) is 0 Å². The Morgan fingerprint density at radius 3 is 2.92 bits per heavy atom. The Bertz CT molecular complexity index is 917. The zero-order valence-electron chi connectivity index (χ0n) is 14.2. The van der Waals surface area contributed by atoms with Gasteiger partial charge in [0.05, 0.1) is 13.2 Å². The molecule has 25 heavy (non-hydrogen) atoms. The third-order valence-corrected chi connectivity index (χ3v) is 4.92. The highest BCUT2D eigenvalue weighted by molar-refractivity contribution is 6.07. The molecule has 126 valence electrons. The van der Waals surface area contributed by atoms with E-state index in [1.165, 1.54) is 0 Å². The smallest absolute Gasteiger partial charge is 0.255 e. The van der Waals surface area contributed by atoms with Gasteiger partial charge in [0.25, 0.3) is 5.91 Å². The summed E-state index contributed by atoms with van der Waals surface area (Å²) in [4.78, 5) is 19.4. The first-order valence-electron chi connectivity index (χ1n) is 8.56. The van der Waals surface area contributed by atoms with Crippen molar-refractivity contribution in [3.8, 4) is 5.75 Å². The van der Waals surface area contributed by atoms with Crippen LogP contribution in [0.3, 0.4) is 0 Å². The van der Waals surface area contributed by atoms with Gasteiger partial charge >= 0.3 is 0 Å². The Morgan fingerprint density at radius 2 is 2.04 bits per heavy atom. The number of fused-ring (bicyclic) bond motifs is 1. The monoisotopic (exact) mass is 332 g/mol. The normalized spacial score (nSPS) is 17.0. The maximum absolute atomic E-state index is 13.3. The predicted molar refractivity (Wildman–Crippen MR) is 97.7 cm³/mol. The maximum atomic E-state index is 13.3. The molecule has 1 saturated heterocycles. The molecule has 1 fully saturated rings. The van der Waals surface area contributed by atoms with Crippen LogP contribution >= 0.6 is 0 Å². The number of para-hydroxylation sites is 1. The molecule has 1 amide bonds. The van der Waals surface area contributed by atoms with E-state index in [9.17, 15) is 4.79 Å². The van der Waals surface area contributed by atoms with Gasteiger partial charge in [-0.15, -0.1) is 0 Å². The number of likely N-dealkylation sites (tertiary alicyclic amines) is 1. The van der Waals surface area contributed by atoms with E-state index in [0.717, 1.165) is 47.0 Å². The minimum atomic E-state index is 0.0562. The van der Waals surface area contributed by atoms with Crippen molar-refractivity contribution in [2.45, 2.75) is 18.9 Å². The number of carbonyl (C=O) groups excluding carboxylic acids is 1. The minimum Gasteiger partial charge on any atom is -0.496 e. The second-order valence-electron chi connectivity index (χ2n) is 6.30. The van der Waals surface area contributed by atoms with Crippen molar-refractivity contribution in [2.75, 3.05) is 13.7 Å². The summed E-state index contributed by atoms with van der Waals surface area (Å²) in [5.41, 5.74) is 1.82. The number of benzene rings is 2. The van der Waals surface area contributed by atoms with Crippen molar-refractivity contribution < 1.29 is 9.53 Å². The SMILES string of the molecule is COc1ccccc1C1CCCN1C(=O)c1cccc2cnccc12. The summed E-state index contributed by atoms with van der Waals surface area (Å²) in [6.45, 7) is 0.767. The lowest BCUT2D eigenvalue weighted by atomic mass is 10.0. The van der Waals surface area contributed by atoms with Gasteiger partial charge in [-0.3, -0.25) is 9.78 Å². The first kappa shape index (κ1) is 15.6. The fourth-order valence-electron chi connectivity index (χ4n) is 3.74. The number of rotatable bonds is 3. The summed E-state index contributed by atoms with van der Waals surface area (Å²) in [6.07, 6.45) is 5.49. The number of nitrogens with zero attached hydrogens (tertiary/aromatic N) is 2. The van der Waals surface area contributed by atoms with Crippen LogP contribution in [0.2, 0.25) is 0 Å². The average Bonchev–Trinajstić information content (AvgIpc) is 3.16. The van der Waals surface area contributed by atoms with E-state index >= 15 is 0 Å². The van der Waals surface area contributed by atoms with Gasteiger partial charge in [0, 0.05) is 35.5 Å². The molecule has 0 N–H and O–H groups in total. The molecule has 4 rings (SSSR count). The number of hydrogen-bond donors (Lipinski definition) is 0. The quantitative estimate of drug-likeness (QED) is 0.721. The minimum absolute atomic E-state index is 0.0562. The number of aromatic nitrogens is 1. The Balaban J connectivity index is 1.74. The molecule has 0 spiro atoms. The van der Waals surface area contributed by atoms with Crippen molar-refractivity contribution in [2.24, 2.45) is 0 Å². The molecule has 3 aromatic rings. The number of ether oxygens (including phenoxy) is 1. The molecule has 0 radical (unpaired) electrons. The van der Waals surface area contributed by atoms with Gasteiger partial charge in [0.2, 0.25) is 0 Å². The first-order valence-corrected chi connectivity index (χ1v) is 8.56. The molecule has 1 aliphatic rings. The highest BCUT2D eigenvalue weighted by atomic mass is 16.5. The Labute approximate surface area is 147 Å². The van der Waals surface area contributed by atoms with Gasteiger partial charge in [0.1, 0.15) is 5.75 Å². The lowest BCUT2D eigenvalue weighted by molar-refractivity contribution is 0.0736. The van der Waals surface area contributed by atoms with Gasteiger partial charge in [-0.1, -0.05) is 30.3 Å². The lowest BCUT2D eigenvalue weighted by Crippen LogP contribution is -2.30. The molecule has 2 aromatic carbocycles. The molecule has 2 heterocycles. The number of amides is 1. The van der Waals surface area contributed by atoms with Crippen LogP contribution in [-0.4, -0.2) is 29.4 Å². The van der Waals surface area contributed by atoms with E-state index in [1.807, 2.05) is 47.4 Å². The third kappa shape index (κ3) is 2.74. The Kier molecular flexibility index (Phi) is 4.10. The fourth-order valence-corrected chi connectivity index (χ4v) is 3.74. The second-order valence-corrected chi connectivity index (χ2v) is 6.30. The van der Waals surface area contributed by atoms with E-state index in [1.54, 1.807) is 19.5 Å². The zero-order valence-corrected chi connectivity index (χ0v) is 14.2. The fraction of sp³-hybridized carbons (Fsp3) is 0.238. The van der Waals surface area contributed by atoms with E-state index in [2.05, 4.69) is 11.1 Å². The molecule has 1 atom stereocenters. The third-order valence-electron chi connectivity index (χ3n) is 4.92. The Hall–Kier alpha value is -2.88. The van der Waals surface area contributed by atoms with Crippen LogP contribution in [0.1, 0.15) is 34.8 Å². The van der Waals surface area contributed by atoms with Crippen molar-refractivity contribution >= 4 is 16.7 Å². The molecule has 0 saturated carbocycles. The van der Waals surface area contributed by atoms with Gasteiger partial charge in [-0.25, -0.2) is 0 Å². The standard InChI is InChI=1S/C21H20N2O2/c1-25-20-10-3-2-7-18(20)19-9-5-13-23(19)21(24)17-8-4-6-15-14-22-12-11-16(15)17/h2-4,6-8,10-12,14,19H,5,9,13H2,1H3. The lowest BCUT2D eigenvalue weighted by Gasteiger charge is -2.27. The van der Waals surface area contributed by atoms with Crippen LogP contribution < -0.4 is 4.74 Å². The van der Waals surface area contributed by atoms with Crippen molar-refractivity contribution in [1.29, 1.82) is 0 Å². The highest BCUT2D eigenvalue weighted by Crippen LogP contribution is 2.38. The van der Waals surface area contributed by atoms with E-state index in [4.69, 9.17) is 4.74 Å². The zero-order chi connectivity index (χ0) is 17.2. The number of carbonyl (C=O) groups is 1. The molecule has 0 aliphatic carbocycles. The van der Waals surface area contributed by atoms with Gasteiger partial charge in [-0.05, 0) is 36.4 Å². The number of hydrogen-bond acceptors (Lipinski definition) is 3. The average molecular weight is 332 g/mol. The largest absolute Gasteiger partial charge is 0.496 e. The second kappa shape index (κ2) is 6.55. The van der Waals surface area contributed by atoms with E-state index < -0.39 is 0 Å². The number of methoxy groups -OCH3 is 1. The predicted octanol–water partition coefficient (Wildman–Crippen LogP) is 4.22. The summed E-state index contributed by atoms with van der Waals surface area (Å²) < 4.78 is 5.52. The van der Waals surface area contributed by atoms with Crippen molar-refractivity contribution in [1.82, 2.24) is 9.88 Å². The molecule has 1 unspecified atom stereocenters. The summed E-state index contributed by atoms with van der Waals surface area (Å²) in [5, 5.41) is 1.94. The van der Waals surface area contributed by atoms with Gasteiger partial charge in [-0.2, -0.15) is 0 Å². The first-order chi connectivity index (χ1) is 12.3. The molecule has 4 heteroatoms. The molecular weight excluding hydrogens is 312 g/mol.